The summed E-state index contributed by atoms with van der Waals surface area (Å²) in [6, 6.07) is -0.907. The molecule has 14 heteroatoms. The van der Waals surface area contributed by atoms with Gasteiger partial charge in [0.05, 0.1) is 32.0 Å². The minimum atomic E-state index is -1.78. The number of carbonyl (C=O) groups excluding carboxylic acids is 1. The first-order chi connectivity index (χ1) is 32.1. The number of unbranched alkanes of at least 4 members (excludes halogenated alkanes) is 29. The number of amides is 1. The minimum absolute atomic E-state index is 0.243. The number of hydrogen-bond acceptors (Lipinski definition) is 13. The second kappa shape index (κ2) is 39.5. The van der Waals surface area contributed by atoms with Crippen molar-refractivity contribution in [2.75, 3.05) is 19.8 Å². The molecule has 12 unspecified atom stereocenters. The van der Waals surface area contributed by atoms with Gasteiger partial charge < -0.3 is 65.1 Å². The molecule has 66 heavy (non-hydrogen) atoms. The van der Waals surface area contributed by atoms with E-state index in [9.17, 15) is 45.6 Å². The van der Waals surface area contributed by atoms with Crippen molar-refractivity contribution in [3.05, 3.63) is 12.2 Å². The standard InChI is InChI=1S/C52H99NO13/c1-3-5-7-9-11-13-14-15-16-17-18-19-20-21-22-23-24-25-26-27-28-29-31-33-35-41(56)40(53-44(57)36-34-32-30-12-10-8-6-4-2)39-63-51-49(62)47(60)50(43(38-55)65-51)66-52-48(61)46(59)45(58)42(37-54)64-52/h33,35,40-43,45-52,54-56,58-62H,3-32,34,36-39H2,1-2H3,(H,53,57)/b35-33+. The van der Waals surface area contributed by atoms with Gasteiger partial charge in [-0.1, -0.05) is 206 Å². The molecular weight excluding hydrogens is 847 g/mol. The molecule has 2 heterocycles. The monoisotopic (exact) mass is 946 g/mol. The van der Waals surface area contributed by atoms with Gasteiger partial charge in [0, 0.05) is 6.42 Å². The van der Waals surface area contributed by atoms with E-state index in [4.69, 9.17) is 18.9 Å². The fraction of sp³-hybridized carbons (Fsp3) is 0.942. The van der Waals surface area contributed by atoms with Crippen molar-refractivity contribution in [1.29, 1.82) is 0 Å². The lowest BCUT2D eigenvalue weighted by molar-refractivity contribution is -0.359. The molecule has 12 atom stereocenters. The van der Waals surface area contributed by atoms with Crippen LogP contribution in [0, 0.1) is 0 Å². The molecule has 14 nitrogen and oxygen atoms in total. The first kappa shape index (κ1) is 60.9. The Balaban J connectivity index is 1.73. The van der Waals surface area contributed by atoms with Gasteiger partial charge in [0.2, 0.25) is 5.91 Å². The Morgan fingerprint density at radius 1 is 0.530 bits per heavy atom. The van der Waals surface area contributed by atoms with Crippen LogP contribution in [-0.2, 0) is 23.7 Å². The molecular formula is C52H99NO13. The number of allylic oxidation sites excluding steroid dienone is 1. The van der Waals surface area contributed by atoms with Gasteiger partial charge in [0.25, 0.3) is 0 Å². The topological polar surface area (TPSA) is 228 Å². The van der Waals surface area contributed by atoms with E-state index in [0.717, 1.165) is 38.5 Å². The number of hydrogen-bond donors (Lipinski definition) is 9. The van der Waals surface area contributed by atoms with Crippen LogP contribution in [0.3, 0.4) is 0 Å². The lowest BCUT2D eigenvalue weighted by Crippen LogP contribution is -2.65. The van der Waals surface area contributed by atoms with Crippen molar-refractivity contribution in [1.82, 2.24) is 5.32 Å². The predicted molar refractivity (Wildman–Crippen MR) is 259 cm³/mol. The summed E-state index contributed by atoms with van der Waals surface area (Å²) in [5, 5.41) is 86.6. The summed E-state index contributed by atoms with van der Waals surface area (Å²) >= 11 is 0. The molecule has 0 radical (unpaired) electrons. The zero-order valence-electron chi connectivity index (χ0n) is 41.5. The number of nitrogens with one attached hydrogen (secondary N) is 1. The van der Waals surface area contributed by atoms with Gasteiger partial charge in [0.1, 0.15) is 48.8 Å². The molecule has 0 aromatic heterocycles. The van der Waals surface area contributed by atoms with Crippen molar-refractivity contribution in [3.8, 4) is 0 Å². The number of ether oxygens (including phenoxy) is 4. The summed E-state index contributed by atoms with van der Waals surface area (Å²) in [5.41, 5.74) is 0. The lowest BCUT2D eigenvalue weighted by Gasteiger charge is -2.46. The van der Waals surface area contributed by atoms with Crippen LogP contribution in [0.25, 0.3) is 0 Å². The van der Waals surface area contributed by atoms with Gasteiger partial charge >= 0.3 is 0 Å². The molecule has 9 N–H and O–H groups in total. The quantitative estimate of drug-likeness (QED) is 0.0213. The van der Waals surface area contributed by atoms with E-state index < -0.39 is 86.8 Å². The highest BCUT2D eigenvalue weighted by Crippen LogP contribution is 2.30. The van der Waals surface area contributed by atoms with Crippen molar-refractivity contribution in [2.45, 2.75) is 293 Å². The maximum absolute atomic E-state index is 13.1. The summed E-state index contributed by atoms with van der Waals surface area (Å²) in [6.45, 7) is 2.76. The smallest absolute Gasteiger partial charge is 0.220 e. The number of aliphatic hydroxyl groups is 8. The van der Waals surface area contributed by atoms with Crippen LogP contribution < -0.4 is 5.32 Å². The minimum Gasteiger partial charge on any atom is -0.394 e. The molecule has 2 rings (SSSR count). The highest BCUT2D eigenvalue weighted by molar-refractivity contribution is 5.76. The molecule has 2 aliphatic heterocycles. The third-order valence-electron chi connectivity index (χ3n) is 13.5. The van der Waals surface area contributed by atoms with E-state index in [1.54, 1.807) is 6.08 Å². The van der Waals surface area contributed by atoms with Crippen LogP contribution in [0.5, 0.6) is 0 Å². The number of rotatable bonds is 42. The molecule has 390 valence electrons. The van der Waals surface area contributed by atoms with Gasteiger partial charge in [-0.15, -0.1) is 0 Å². The van der Waals surface area contributed by atoms with Crippen LogP contribution in [-0.4, -0.2) is 140 Å². The van der Waals surface area contributed by atoms with Crippen LogP contribution in [0.2, 0.25) is 0 Å². The van der Waals surface area contributed by atoms with Crippen molar-refractivity contribution in [3.63, 3.8) is 0 Å². The van der Waals surface area contributed by atoms with Crippen LogP contribution in [0.15, 0.2) is 12.2 Å². The van der Waals surface area contributed by atoms with Crippen molar-refractivity contribution in [2.24, 2.45) is 0 Å². The van der Waals surface area contributed by atoms with E-state index >= 15 is 0 Å². The number of carbonyl (C=O) groups is 1. The Bertz CT molecular complexity index is 1160. The highest BCUT2D eigenvalue weighted by atomic mass is 16.7. The Labute approximate surface area is 399 Å². The molecule has 0 bridgehead atoms. The molecule has 0 aliphatic carbocycles. The van der Waals surface area contributed by atoms with Gasteiger partial charge in [0.15, 0.2) is 12.6 Å². The van der Waals surface area contributed by atoms with E-state index in [1.165, 1.54) is 154 Å². The summed E-state index contributed by atoms with van der Waals surface area (Å²) in [6.07, 6.45) is 25.7. The molecule has 0 aromatic rings. The maximum atomic E-state index is 13.1. The van der Waals surface area contributed by atoms with Gasteiger partial charge in [-0.2, -0.15) is 0 Å². The van der Waals surface area contributed by atoms with Crippen LogP contribution in [0.1, 0.15) is 219 Å². The summed E-state index contributed by atoms with van der Waals surface area (Å²) < 4.78 is 22.7. The van der Waals surface area contributed by atoms with Gasteiger partial charge in [-0.25, -0.2) is 0 Å². The Hall–Kier alpha value is -1.27. The van der Waals surface area contributed by atoms with Gasteiger partial charge in [-0.3, -0.25) is 4.79 Å². The Kier molecular flexibility index (Phi) is 36.4. The van der Waals surface area contributed by atoms with Crippen LogP contribution >= 0.6 is 0 Å². The highest BCUT2D eigenvalue weighted by Gasteiger charge is 2.51. The number of aliphatic hydroxyl groups excluding tert-OH is 8. The fourth-order valence-electron chi connectivity index (χ4n) is 9.06. The first-order valence-electron chi connectivity index (χ1n) is 26.9. The normalized spacial score (nSPS) is 26.8. The molecule has 0 spiro atoms. The fourth-order valence-corrected chi connectivity index (χ4v) is 9.06. The van der Waals surface area contributed by atoms with Crippen LogP contribution in [0.4, 0.5) is 0 Å². The zero-order valence-corrected chi connectivity index (χ0v) is 41.5. The molecule has 0 aromatic carbocycles. The summed E-state index contributed by atoms with van der Waals surface area (Å²) in [4.78, 5) is 13.1. The van der Waals surface area contributed by atoms with E-state index in [2.05, 4.69) is 19.2 Å². The molecule has 2 aliphatic rings. The van der Waals surface area contributed by atoms with Crippen molar-refractivity contribution < 1.29 is 64.6 Å². The second-order valence-electron chi connectivity index (χ2n) is 19.4. The molecule has 2 saturated heterocycles. The van der Waals surface area contributed by atoms with E-state index in [0.29, 0.717) is 6.42 Å². The summed E-state index contributed by atoms with van der Waals surface area (Å²) in [5.74, 6) is -0.243. The second-order valence-corrected chi connectivity index (χ2v) is 19.4. The Morgan fingerprint density at radius 3 is 1.39 bits per heavy atom. The largest absolute Gasteiger partial charge is 0.394 e. The summed E-state index contributed by atoms with van der Waals surface area (Å²) in [7, 11) is 0. The predicted octanol–water partition coefficient (Wildman–Crippen LogP) is 7.55. The van der Waals surface area contributed by atoms with Crippen molar-refractivity contribution >= 4 is 5.91 Å². The third kappa shape index (κ3) is 26.1. The maximum Gasteiger partial charge on any atom is 0.220 e. The zero-order chi connectivity index (χ0) is 48.2. The average Bonchev–Trinajstić information content (AvgIpc) is 3.31. The molecule has 1 amide bonds. The SMILES string of the molecule is CCCCCCCCCCCCCCCCCCCCCCCC/C=C/C(O)C(COC1OC(CO)C(OC2OC(CO)C(O)C(O)C2O)C(O)C1O)NC(=O)CCCCCCCCCC. The van der Waals surface area contributed by atoms with Gasteiger partial charge in [-0.05, 0) is 19.3 Å². The van der Waals surface area contributed by atoms with E-state index in [1.807, 2.05) is 6.08 Å². The molecule has 0 saturated carbocycles. The molecule has 2 fully saturated rings. The lowest BCUT2D eigenvalue weighted by atomic mass is 9.97. The third-order valence-corrected chi connectivity index (χ3v) is 13.5. The first-order valence-corrected chi connectivity index (χ1v) is 26.9. The Morgan fingerprint density at radius 2 is 0.939 bits per heavy atom. The van der Waals surface area contributed by atoms with E-state index in [-0.39, 0.29) is 18.9 Å². The average molecular weight is 946 g/mol.